The van der Waals surface area contributed by atoms with E-state index in [4.69, 9.17) is 20.9 Å². The lowest BCUT2D eigenvalue weighted by atomic mass is 9.77. The fourth-order valence-corrected chi connectivity index (χ4v) is 4.45. The maximum absolute atomic E-state index is 14.5. The minimum atomic E-state index is -4.96. The van der Waals surface area contributed by atoms with E-state index in [9.17, 15) is 36.3 Å². The van der Waals surface area contributed by atoms with Crippen LogP contribution in [0.3, 0.4) is 0 Å². The van der Waals surface area contributed by atoms with Gasteiger partial charge in [0.15, 0.2) is 17.2 Å². The largest absolute Gasteiger partial charge is 0.493 e. The second kappa shape index (κ2) is 11.3. The van der Waals surface area contributed by atoms with Gasteiger partial charge >= 0.3 is 6.18 Å². The highest BCUT2D eigenvalue weighted by Gasteiger charge is 2.66. The number of carbonyl (C=O) groups is 3. The summed E-state index contributed by atoms with van der Waals surface area (Å²) in [5, 5.41) is 4.70. The number of nitrogens with one attached hydrogen (secondary N) is 2. The fraction of sp³-hybridized carbons (Fsp3) is 0.440. The maximum Gasteiger partial charge on any atom is 0.417 e. The maximum atomic E-state index is 14.5. The van der Waals surface area contributed by atoms with Crippen LogP contribution in [0.1, 0.15) is 49.2 Å². The number of hydrogen-bond acceptors (Lipinski definition) is 7. The number of carbonyl (C=O) groups excluding carboxylic acids is 3. The summed E-state index contributed by atoms with van der Waals surface area (Å²) in [6, 6.07) is 2.96. The first-order valence-electron chi connectivity index (χ1n) is 12.0. The molecule has 1 aromatic heterocycles. The number of anilines is 2. The Labute approximate surface area is 225 Å². The molecule has 10 nitrogen and oxygen atoms in total. The number of alkyl halides is 3. The standard InChI is InChI=1S/C25H28F5N5O5/c1-5-14(31)22(37)35-16-9-11(8-15(34-16)21(32)36)33-23(38)20-17(10(2)24(3,40-20)25(28,29)30)12-6-7-13(26)18(27)19(12)39-4/h6-10,14,17,20H,5,31H2,1-4H3,(H2,32,36)(H2,33,34,35,37,38)/t10-,14+,17-,20+,24+/m0/s1. The number of amides is 3. The van der Waals surface area contributed by atoms with Crippen molar-refractivity contribution in [2.75, 3.05) is 17.7 Å². The van der Waals surface area contributed by atoms with Crippen molar-refractivity contribution in [2.24, 2.45) is 17.4 Å². The summed E-state index contributed by atoms with van der Waals surface area (Å²) >= 11 is 0. The van der Waals surface area contributed by atoms with Crippen LogP contribution in [-0.2, 0) is 14.3 Å². The topological polar surface area (TPSA) is 159 Å². The lowest BCUT2D eigenvalue weighted by Crippen LogP contribution is -2.47. The van der Waals surface area contributed by atoms with Crippen LogP contribution in [0.5, 0.6) is 5.75 Å². The van der Waals surface area contributed by atoms with Crippen molar-refractivity contribution in [3.63, 3.8) is 0 Å². The first kappa shape index (κ1) is 30.7. The predicted octanol–water partition coefficient (Wildman–Crippen LogP) is 3.22. The average Bonchev–Trinajstić information content (AvgIpc) is 3.16. The van der Waals surface area contributed by atoms with E-state index in [0.29, 0.717) is 6.07 Å². The molecule has 0 unspecified atom stereocenters. The predicted molar refractivity (Wildman–Crippen MR) is 132 cm³/mol. The van der Waals surface area contributed by atoms with Crippen LogP contribution in [0.2, 0.25) is 0 Å². The summed E-state index contributed by atoms with van der Waals surface area (Å²) in [5.41, 5.74) is 7.31. The first-order chi connectivity index (χ1) is 18.5. The van der Waals surface area contributed by atoms with Gasteiger partial charge < -0.3 is 31.6 Å². The van der Waals surface area contributed by atoms with Crippen molar-refractivity contribution in [2.45, 2.75) is 57.0 Å². The Morgan fingerprint density at radius 3 is 2.40 bits per heavy atom. The van der Waals surface area contributed by atoms with E-state index in [0.717, 1.165) is 39.2 Å². The van der Waals surface area contributed by atoms with E-state index in [1.165, 1.54) is 0 Å². The highest BCUT2D eigenvalue weighted by Crippen LogP contribution is 2.55. The van der Waals surface area contributed by atoms with Crippen molar-refractivity contribution < 1.29 is 45.8 Å². The molecular weight excluding hydrogens is 545 g/mol. The lowest BCUT2D eigenvalue weighted by Gasteiger charge is -2.32. The number of pyridine rings is 1. The summed E-state index contributed by atoms with van der Waals surface area (Å²) < 4.78 is 81.1. The zero-order valence-corrected chi connectivity index (χ0v) is 21.9. The Bertz CT molecular complexity index is 1320. The second-order valence-electron chi connectivity index (χ2n) is 9.43. The Hall–Kier alpha value is -3.85. The first-order valence-corrected chi connectivity index (χ1v) is 12.0. The van der Waals surface area contributed by atoms with E-state index in [1.807, 2.05) is 0 Å². The van der Waals surface area contributed by atoms with Crippen molar-refractivity contribution in [1.29, 1.82) is 0 Å². The molecule has 40 heavy (non-hydrogen) atoms. The molecule has 0 radical (unpaired) electrons. The van der Waals surface area contributed by atoms with Crippen LogP contribution in [-0.4, -0.2) is 53.7 Å². The van der Waals surface area contributed by atoms with Crippen LogP contribution in [0.4, 0.5) is 33.5 Å². The molecule has 1 aliphatic heterocycles. The molecule has 3 rings (SSSR count). The third-order valence-electron chi connectivity index (χ3n) is 6.94. The normalized spacial score (nSPS) is 23.4. The fourth-order valence-electron chi connectivity index (χ4n) is 4.45. The molecule has 2 aromatic rings. The number of benzene rings is 1. The summed E-state index contributed by atoms with van der Waals surface area (Å²) in [4.78, 5) is 41.3. The van der Waals surface area contributed by atoms with Crippen LogP contribution in [0.25, 0.3) is 0 Å². The van der Waals surface area contributed by atoms with Gasteiger partial charge in [-0.3, -0.25) is 14.4 Å². The number of primary amides is 1. The smallest absolute Gasteiger partial charge is 0.417 e. The molecule has 15 heteroatoms. The number of methoxy groups -OCH3 is 1. The van der Waals surface area contributed by atoms with Crippen LogP contribution in [0.15, 0.2) is 24.3 Å². The van der Waals surface area contributed by atoms with Gasteiger partial charge in [0.1, 0.15) is 17.6 Å². The van der Waals surface area contributed by atoms with Crippen LogP contribution in [0, 0.1) is 17.6 Å². The molecule has 1 saturated heterocycles. The van der Waals surface area contributed by atoms with Crippen molar-refractivity contribution in [3.05, 3.63) is 47.2 Å². The number of rotatable bonds is 8. The molecule has 0 bridgehead atoms. The third-order valence-corrected chi connectivity index (χ3v) is 6.94. The Morgan fingerprint density at radius 1 is 1.20 bits per heavy atom. The Balaban J connectivity index is 2.06. The van der Waals surface area contributed by atoms with Gasteiger partial charge in [0.25, 0.3) is 11.8 Å². The number of nitrogens with zero attached hydrogens (tertiary/aromatic N) is 1. The van der Waals surface area contributed by atoms with Crippen molar-refractivity contribution in [3.8, 4) is 5.75 Å². The molecule has 0 aliphatic carbocycles. The van der Waals surface area contributed by atoms with E-state index in [-0.39, 0.29) is 23.5 Å². The lowest BCUT2D eigenvalue weighted by molar-refractivity contribution is -0.272. The second-order valence-corrected chi connectivity index (χ2v) is 9.43. The van der Waals surface area contributed by atoms with Gasteiger partial charge in [-0.25, -0.2) is 9.37 Å². The highest BCUT2D eigenvalue weighted by atomic mass is 19.4. The molecular formula is C25H28F5N5O5. The Morgan fingerprint density at radius 2 is 1.85 bits per heavy atom. The number of nitrogens with two attached hydrogens (primary N) is 2. The minimum Gasteiger partial charge on any atom is -0.493 e. The summed E-state index contributed by atoms with van der Waals surface area (Å²) in [6.45, 7) is 3.56. The summed E-state index contributed by atoms with van der Waals surface area (Å²) in [6.07, 6.45) is -6.58. The summed E-state index contributed by atoms with van der Waals surface area (Å²) in [5.74, 6) is -9.41. The van der Waals surface area contributed by atoms with E-state index in [1.54, 1.807) is 6.92 Å². The molecule has 218 valence electrons. The SMILES string of the molecule is CC[C@@H](N)C(=O)Nc1cc(NC(=O)[C@@H]2O[C@@](C)(C(F)(F)F)[C@@H](C)[C@H]2c2ccc(F)c(F)c2OC)cc(C(N)=O)n1. The number of ether oxygens (including phenoxy) is 2. The highest BCUT2D eigenvalue weighted by molar-refractivity contribution is 6.00. The van der Waals surface area contributed by atoms with Crippen LogP contribution >= 0.6 is 0 Å². The minimum absolute atomic E-state index is 0.179. The Kier molecular flexibility index (Phi) is 8.69. The quantitative estimate of drug-likeness (QED) is 0.353. The molecule has 5 atom stereocenters. The molecule has 1 aliphatic rings. The van der Waals surface area contributed by atoms with Gasteiger partial charge in [-0.2, -0.15) is 17.6 Å². The molecule has 1 aromatic carbocycles. The number of hydrogen-bond donors (Lipinski definition) is 4. The van der Waals surface area contributed by atoms with Gasteiger partial charge in [0.2, 0.25) is 11.7 Å². The third kappa shape index (κ3) is 5.70. The van der Waals surface area contributed by atoms with Crippen molar-refractivity contribution in [1.82, 2.24) is 4.98 Å². The van der Waals surface area contributed by atoms with Gasteiger partial charge in [0.05, 0.1) is 13.2 Å². The molecule has 3 amide bonds. The summed E-state index contributed by atoms with van der Waals surface area (Å²) in [7, 11) is 1.00. The van der Waals surface area contributed by atoms with Gasteiger partial charge in [-0.15, -0.1) is 0 Å². The average molecular weight is 574 g/mol. The molecule has 0 saturated carbocycles. The van der Waals surface area contributed by atoms with Crippen LogP contribution < -0.4 is 26.8 Å². The molecule has 0 spiro atoms. The van der Waals surface area contributed by atoms with Gasteiger partial charge in [0, 0.05) is 29.2 Å². The van der Waals surface area contributed by atoms with Gasteiger partial charge in [-0.05, 0) is 25.5 Å². The molecule has 1 fully saturated rings. The zero-order valence-electron chi connectivity index (χ0n) is 21.9. The number of aromatic nitrogens is 1. The van der Waals surface area contributed by atoms with Gasteiger partial charge in [-0.1, -0.05) is 19.9 Å². The zero-order chi connectivity index (χ0) is 30.2. The van der Waals surface area contributed by atoms with E-state index < -0.39 is 76.6 Å². The van der Waals surface area contributed by atoms with Crippen molar-refractivity contribution >= 4 is 29.2 Å². The number of halogens is 5. The van der Waals surface area contributed by atoms with E-state index >= 15 is 0 Å². The monoisotopic (exact) mass is 573 g/mol. The van der Waals surface area contributed by atoms with E-state index in [2.05, 4.69) is 15.6 Å². The molecule has 2 heterocycles. The molecule has 6 N–H and O–H groups in total.